The van der Waals surface area contributed by atoms with Gasteiger partial charge in [0.05, 0.1) is 23.9 Å². The van der Waals surface area contributed by atoms with E-state index in [1.807, 2.05) is 23.8 Å². The number of carbonyl (C=O) groups is 1. The summed E-state index contributed by atoms with van der Waals surface area (Å²) in [6.07, 6.45) is 4.16. The molecule has 3 heterocycles. The van der Waals surface area contributed by atoms with Crippen LogP contribution in [0.1, 0.15) is 5.01 Å². The number of thiazole rings is 1. The van der Waals surface area contributed by atoms with Gasteiger partial charge in [0.1, 0.15) is 5.41 Å². The largest absolute Gasteiger partial charge is 0.481 e. The van der Waals surface area contributed by atoms with Gasteiger partial charge in [0.25, 0.3) is 0 Å². The Bertz CT molecular complexity index is 558. The zero-order valence-electron chi connectivity index (χ0n) is 9.55. The molecule has 0 saturated carbocycles. The van der Waals surface area contributed by atoms with Crippen LogP contribution in [0.3, 0.4) is 0 Å². The molecule has 94 valence electrons. The van der Waals surface area contributed by atoms with E-state index in [2.05, 4.69) is 9.97 Å². The highest BCUT2D eigenvalue weighted by Crippen LogP contribution is 2.34. The highest BCUT2D eigenvalue weighted by atomic mass is 32.1. The lowest BCUT2D eigenvalue weighted by molar-refractivity contribution is -0.179. The number of ether oxygens (including phenoxy) is 1. The quantitative estimate of drug-likeness (QED) is 0.882. The first-order valence-corrected chi connectivity index (χ1v) is 6.46. The second-order valence-corrected chi connectivity index (χ2v) is 5.42. The number of carboxylic acids is 1. The summed E-state index contributed by atoms with van der Waals surface area (Å²) in [4.78, 5) is 18.7. The molecule has 3 rings (SSSR count). The number of H-pyrrole nitrogens is 1. The van der Waals surface area contributed by atoms with Crippen LogP contribution in [0.25, 0.3) is 11.3 Å². The van der Waals surface area contributed by atoms with Gasteiger partial charge in [-0.25, -0.2) is 4.98 Å². The summed E-state index contributed by atoms with van der Waals surface area (Å²) < 4.78 is 5.04. The van der Waals surface area contributed by atoms with Crippen LogP contribution < -0.4 is 0 Å². The number of hydrogen-bond donors (Lipinski definition) is 2. The van der Waals surface area contributed by atoms with Crippen LogP contribution in [-0.2, 0) is 16.0 Å². The Morgan fingerprint density at radius 1 is 1.61 bits per heavy atom. The van der Waals surface area contributed by atoms with Crippen molar-refractivity contribution in [3.8, 4) is 11.3 Å². The van der Waals surface area contributed by atoms with Crippen molar-refractivity contribution in [2.24, 2.45) is 5.41 Å². The third kappa shape index (κ3) is 1.83. The Balaban J connectivity index is 1.80. The van der Waals surface area contributed by atoms with E-state index < -0.39 is 11.4 Å². The van der Waals surface area contributed by atoms with Crippen LogP contribution in [-0.4, -0.2) is 34.3 Å². The van der Waals surface area contributed by atoms with E-state index in [0.29, 0.717) is 6.42 Å². The van der Waals surface area contributed by atoms with E-state index in [-0.39, 0.29) is 13.2 Å². The molecule has 6 heteroatoms. The Hall–Kier alpha value is -1.66. The molecule has 1 aliphatic rings. The zero-order valence-corrected chi connectivity index (χ0v) is 10.4. The number of aliphatic carboxylic acids is 1. The fourth-order valence-electron chi connectivity index (χ4n) is 1.95. The van der Waals surface area contributed by atoms with E-state index >= 15 is 0 Å². The van der Waals surface area contributed by atoms with Crippen LogP contribution in [0.5, 0.6) is 0 Å². The maximum Gasteiger partial charge on any atom is 0.314 e. The lowest BCUT2D eigenvalue weighted by Crippen LogP contribution is -2.50. The van der Waals surface area contributed by atoms with E-state index in [0.717, 1.165) is 16.3 Å². The van der Waals surface area contributed by atoms with Crippen molar-refractivity contribution in [1.29, 1.82) is 0 Å². The lowest BCUT2D eigenvalue weighted by Gasteiger charge is -2.36. The van der Waals surface area contributed by atoms with Crippen LogP contribution in [0.2, 0.25) is 0 Å². The summed E-state index contributed by atoms with van der Waals surface area (Å²) in [6, 6.07) is 1.94. The van der Waals surface area contributed by atoms with Crippen LogP contribution >= 0.6 is 11.3 Å². The molecule has 0 aromatic carbocycles. The summed E-state index contributed by atoms with van der Waals surface area (Å²) in [5.74, 6) is -0.799. The number of aromatic nitrogens is 2. The van der Waals surface area contributed by atoms with Gasteiger partial charge in [0.2, 0.25) is 0 Å². The second-order valence-electron chi connectivity index (χ2n) is 4.48. The third-order valence-electron chi connectivity index (χ3n) is 3.15. The van der Waals surface area contributed by atoms with Gasteiger partial charge in [-0.1, -0.05) is 0 Å². The highest BCUT2D eigenvalue weighted by molar-refractivity contribution is 7.10. The standard InChI is InChI=1S/C12H12N2O3S/c15-11(16)12(6-17-7-12)3-10-14-9(5-18-10)8-1-2-13-4-8/h1-2,4-5,13H,3,6-7H2,(H,15,16). The van der Waals surface area contributed by atoms with E-state index in [1.165, 1.54) is 11.3 Å². The monoisotopic (exact) mass is 264 g/mol. The van der Waals surface area contributed by atoms with Gasteiger partial charge in [-0.2, -0.15) is 0 Å². The molecule has 0 bridgehead atoms. The molecule has 1 fully saturated rings. The SMILES string of the molecule is O=C(O)C1(Cc2nc(-c3cc[nH]c3)cs2)COC1. The van der Waals surface area contributed by atoms with Gasteiger partial charge >= 0.3 is 5.97 Å². The number of carboxylic acid groups (broad SMARTS) is 1. The van der Waals surface area contributed by atoms with Crippen molar-refractivity contribution in [3.63, 3.8) is 0 Å². The molecule has 5 nitrogen and oxygen atoms in total. The van der Waals surface area contributed by atoms with Crippen molar-refractivity contribution in [1.82, 2.24) is 9.97 Å². The predicted octanol–water partition coefficient (Wildman–Crippen LogP) is 1.78. The average molecular weight is 264 g/mol. The Morgan fingerprint density at radius 2 is 2.44 bits per heavy atom. The number of nitrogens with zero attached hydrogens (tertiary/aromatic N) is 1. The molecule has 0 amide bonds. The molecular formula is C12H12N2O3S. The first kappa shape index (κ1) is 11.4. The van der Waals surface area contributed by atoms with Crippen molar-refractivity contribution in [2.45, 2.75) is 6.42 Å². The first-order chi connectivity index (χ1) is 8.70. The lowest BCUT2D eigenvalue weighted by atomic mass is 9.83. The molecule has 0 atom stereocenters. The Morgan fingerprint density at radius 3 is 3.00 bits per heavy atom. The summed E-state index contributed by atoms with van der Waals surface area (Å²) >= 11 is 1.50. The van der Waals surface area contributed by atoms with Crippen LogP contribution in [0.15, 0.2) is 23.8 Å². The maximum atomic E-state index is 11.2. The Labute approximate surface area is 107 Å². The van der Waals surface area contributed by atoms with Crippen molar-refractivity contribution >= 4 is 17.3 Å². The number of rotatable bonds is 4. The van der Waals surface area contributed by atoms with E-state index in [1.54, 1.807) is 0 Å². The van der Waals surface area contributed by atoms with Gasteiger partial charge < -0.3 is 14.8 Å². The zero-order chi connectivity index (χ0) is 12.6. The summed E-state index contributed by atoms with van der Waals surface area (Å²) in [6.45, 7) is 0.558. The fourth-order valence-corrected chi connectivity index (χ4v) is 2.89. The van der Waals surface area contributed by atoms with Gasteiger partial charge in [0.15, 0.2) is 0 Å². The predicted molar refractivity (Wildman–Crippen MR) is 66.5 cm³/mol. The first-order valence-electron chi connectivity index (χ1n) is 5.58. The third-order valence-corrected chi connectivity index (χ3v) is 3.99. The normalized spacial score (nSPS) is 17.3. The van der Waals surface area contributed by atoms with Gasteiger partial charge in [0, 0.05) is 29.8 Å². The summed E-state index contributed by atoms with van der Waals surface area (Å²) in [7, 11) is 0. The minimum Gasteiger partial charge on any atom is -0.481 e. The van der Waals surface area contributed by atoms with E-state index in [4.69, 9.17) is 4.74 Å². The Kier molecular flexibility index (Phi) is 2.68. The van der Waals surface area contributed by atoms with Crippen LogP contribution in [0.4, 0.5) is 0 Å². The number of aromatic amines is 1. The highest BCUT2D eigenvalue weighted by Gasteiger charge is 2.46. The molecule has 0 spiro atoms. The molecule has 0 radical (unpaired) electrons. The van der Waals surface area contributed by atoms with E-state index in [9.17, 15) is 9.90 Å². The second kappa shape index (κ2) is 4.22. The van der Waals surface area contributed by atoms with Crippen molar-refractivity contribution in [2.75, 3.05) is 13.2 Å². The van der Waals surface area contributed by atoms with Gasteiger partial charge in [-0.3, -0.25) is 4.79 Å². The number of hydrogen-bond acceptors (Lipinski definition) is 4. The minimum atomic E-state index is -0.799. The summed E-state index contributed by atoms with van der Waals surface area (Å²) in [5.41, 5.74) is 1.14. The molecule has 18 heavy (non-hydrogen) atoms. The molecule has 2 N–H and O–H groups in total. The van der Waals surface area contributed by atoms with Crippen LogP contribution in [0, 0.1) is 5.41 Å². The maximum absolute atomic E-state index is 11.2. The summed E-state index contributed by atoms with van der Waals surface area (Å²) in [5, 5.41) is 12.0. The molecule has 0 unspecified atom stereocenters. The molecule has 2 aromatic heterocycles. The molecule has 1 saturated heterocycles. The molecule has 2 aromatic rings. The molecule has 0 aliphatic carbocycles. The average Bonchev–Trinajstić information content (AvgIpc) is 2.93. The van der Waals surface area contributed by atoms with Gasteiger partial charge in [-0.05, 0) is 6.07 Å². The topological polar surface area (TPSA) is 75.2 Å². The number of nitrogens with one attached hydrogen (secondary N) is 1. The van der Waals surface area contributed by atoms with Gasteiger partial charge in [-0.15, -0.1) is 11.3 Å². The minimum absolute atomic E-state index is 0.279. The van der Waals surface area contributed by atoms with Crippen molar-refractivity contribution in [3.05, 3.63) is 28.8 Å². The fraction of sp³-hybridized carbons (Fsp3) is 0.333. The molecular weight excluding hydrogens is 252 g/mol. The van der Waals surface area contributed by atoms with Crippen molar-refractivity contribution < 1.29 is 14.6 Å². The molecule has 1 aliphatic heterocycles. The smallest absolute Gasteiger partial charge is 0.314 e.